The zero-order valence-electron chi connectivity index (χ0n) is 17.2. The van der Waals surface area contributed by atoms with Crippen LogP contribution in [-0.2, 0) is 0 Å². The standard InChI is InChI=1S/C25H18IN3O3/c1-3-13-32-23-20(26)14-17(15-22(23)31-2)16-27-29-24(18-9-5-4-6-10-18)28-21-12-8-7-11-19(21)25(29)30/h1,4-12,14-16H,13H2,2H3. The minimum Gasteiger partial charge on any atom is -0.493 e. The summed E-state index contributed by atoms with van der Waals surface area (Å²) >= 11 is 2.15. The van der Waals surface area contributed by atoms with Crippen molar-refractivity contribution in [1.29, 1.82) is 0 Å². The van der Waals surface area contributed by atoms with Crippen molar-refractivity contribution in [2.45, 2.75) is 0 Å². The van der Waals surface area contributed by atoms with E-state index in [1.54, 1.807) is 25.5 Å². The van der Waals surface area contributed by atoms with Crippen LogP contribution in [0.3, 0.4) is 0 Å². The molecule has 0 aliphatic heterocycles. The fourth-order valence-electron chi connectivity index (χ4n) is 3.20. The Morgan fingerprint density at radius 2 is 1.91 bits per heavy atom. The van der Waals surface area contributed by atoms with Gasteiger partial charge in [0.25, 0.3) is 5.56 Å². The Morgan fingerprint density at radius 3 is 2.66 bits per heavy atom. The summed E-state index contributed by atoms with van der Waals surface area (Å²) < 4.78 is 13.2. The number of methoxy groups -OCH3 is 1. The topological polar surface area (TPSA) is 65.7 Å². The van der Waals surface area contributed by atoms with Crippen LogP contribution in [0.15, 0.2) is 76.6 Å². The van der Waals surface area contributed by atoms with Gasteiger partial charge < -0.3 is 9.47 Å². The molecular formula is C25H18IN3O3. The van der Waals surface area contributed by atoms with Crippen molar-refractivity contribution in [3.05, 3.63) is 86.2 Å². The van der Waals surface area contributed by atoms with Crippen molar-refractivity contribution in [3.8, 4) is 35.2 Å². The molecule has 4 rings (SSSR count). The lowest BCUT2D eigenvalue weighted by Crippen LogP contribution is -2.20. The van der Waals surface area contributed by atoms with Crippen LogP contribution in [-0.4, -0.2) is 29.6 Å². The van der Waals surface area contributed by atoms with E-state index in [2.05, 4.69) is 33.6 Å². The van der Waals surface area contributed by atoms with Crippen LogP contribution >= 0.6 is 22.6 Å². The Kier molecular flexibility index (Phi) is 6.52. The summed E-state index contributed by atoms with van der Waals surface area (Å²) in [6.07, 6.45) is 6.90. The number of ether oxygens (including phenoxy) is 2. The summed E-state index contributed by atoms with van der Waals surface area (Å²) in [5.41, 5.74) is 1.89. The van der Waals surface area contributed by atoms with Crippen molar-refractivity contribution in [2.75, 3.05) is 13.7 Å². The minimum absolute atomic E-state index is 0.137. The van der Waals surface area contributed by atoms with Gasteiger partial charge in [-0.25, -0.2) is 4.98 Å². The highest BCUT2D eigenvalue weighted by atomic mass is 127. The Balaban J connectivity index is 1.84. The monoisotopic (exact) mass is 535 g/mol. The predicted molar refractivity (Wildman–Crippen MR) is 134 cm³/mol. The average Bonchev–Trinajstić information content (AvgIpc) is 2.83. The van der Waals surface area contributed by atoms with Crippen molar-refractivity contribution < 1.29 is 9.47 Å². The van der Waals surface area contributed by atoms with Gasteiger partial charge in [0.15, 0.2) is 17.3 Å². The third-order valence-corrected chi connectivity index (χ3v) is 5.46. The summed E-state index contributed by atoms with van der Waals surface area (Å²) in [5.74, 6) is 4.00. The fourth-order valence-corrected chi connectivity index (χ4v) is 3.98. The number of benzene rings is 3. The van der Waals surface area contributed by atoms with Crippen molar-refractivity contribution >= 4 is 39.7 Å². The van der Waals surface area contributed by atoms with Crippen molar-refractivity contribution in [3.63, 3.8) is 0 Å². The van der Waals surface area contributed by atoms with Crippen molar-refractivity contribution in [1.82, 2.24) is 9.66 Å². The van der Waals surface area contributed by atoms with Crippen LogP contribution in [0.25, 0.3) is 22.3 Å². The Morgan fingerprint density at radius 1 is 1.16 bits per heavy atom. The number of rotatable bonds is 6. The molecule has 0 saturated heterocycles. The maximum absolute atomic E-state index is 13.3. The molecule has 158 valence electrons. The molecule has 0 spiro atoms. The molecule has 0 saturated carbocycles. The lowest BCUT2D eigenvalue weighted by Gasteiger charge is -2.12. The number of hydrogen-bond acceptors (Lipinski definition) is 5. The lowest BCUT2D eigenvalue weighted by atomic mass is 10.2. The summed E-state index contributed by atoms with van der Waals surface area (Å²) in [7, 11) is 1.56. The number of terminal acetylenes is 1. The van der Waals surface area contributed by atoms with E-state index in [0.29, 0.717) is 28.2 Å². The van der Waals surface area contributed by atoms with Crippen LogP contribution in [0.2, 0.25) is 0 Å². The molecule has 0 N–H and O–H groups in total. The van der Waals surface area contributed by atoms with Gasteiger partial charge >= 0.3 is 0 Å². The molecule has 7 heteroatoms. The molecule has 0 bridgehead atoms. The smallest absolute Gasteiger partial charge is 0.282 e. The molecule has 0 aliphatic rings. The molecule has 1 heterocycles. The Hall–Kier alpha value is -3.64. The fraction of sp³-hybridized carbons (Fsp3) is 0.0800. The first-order valence-corrected chi connectivity index (χ1v) is 10.8. The van der Waals surface area contributed by atoms with E-state index in [0.717, 1.165) is 14.7 Å². The molecule has 3 aromatic carbocycles. The van der Waals surface area contributed by atoms with Crippen LogP contribution < -0.4 is 15.0 Å². The number of aromatic nitrogens is 2. The molecule has 6 nitrogen and oxygen atoms in total. The second kappa shape index (κ2) is 9.66. The van der Waals surface area contributed by atoms with Gasteiger partial charge in [0, 0.05) is 5.56 Å². The van der Waals surface area contributed by atoms with Crippen molar-refractivity contribution in [2.24, 2.45) is 5.10 Å². The van der Waals surface area contributed by atoms with E-state index in [1.165, 1.54) is 4.68 Å². The Labute approximate surface area is 198 Å². The molecule has 0 radical (unpaired) electrons. The first-order chi connectivity index (χ1) is 15.6. The quantitative estimate of drug-likeness (QED) is 0.206. The van der Waals surface area contributed by atoms with E-state index < -0.39 is 0 Å². The van der Waals surface area contributed by atoms with Gasteiger partial charge in [-0.05, 0) is 52.4 Å². The maximum Gasteiger partial charge on any atom is 0.282 e. The summed E-state index contributed by atoms with van der Waals surface area (Å²) in [4.78, 5) is 18.0. The molecule has 0 fully saturated rings. The molecule has 0 unspecified atom stereocenters. The van der Waals surface area contributed by atoms with E-state index in [1.807, 2.05) is 54.6 Å². The predicted octanol–water partition coefficient (Wildman–Crippen LogP) is 4.57. The first-order valence-electron chi connectivity index (χ1n) is 9.67. The first kappa shape index (κ1) is 21.6. The van der Waals surface area contributed by atoms with Crippen LogP contribution in [0, 0.1) is 15.9 Å². The van der Waals surface area contributed by atoms with Gasteiger partial charge in [0.2, 0.25) is 0 Å². The number of nitrogens with zero attached hydrogens (tertiary/aromatic N) is 3. The van der Waals surface area contributed by atoms with E-state index in [4.69, 9.17) is 20.9 Å². The van der Waals surface area contributed by atoms with Crippen LogP contribution in [0.1, 0.15) is 5.56 Å². The highest BCUT2D eigenvalue weighted by molar-refractivity contribution is 14.1. The molecule has 0 amide bonds. The van der Waals surface area contributed by atoms with E-state index in [9.17, 15) is 4.79 Å². The highest BCUT2D eigenvalue weighted by Gasteiger charge is 2.13. The maximum atomic E-state index is 13.3. The lowest BCUT2D eigenvalue weighted by molar-refractivity contribution is 0.328. The number of hydrogen-bond donors (Lipinski definition) is 0. The highest BCUT2D eigenvalue weighted by Crippen LogP contribution is 2.33. The largest absolute Gasteiger partial charge is 0.493 e. The second-order valence-electron chi connectivity index (χ2n) is 6.71. The van der Waals surface area contributed by atoms with Crippen LogP contribution in [0.5, 0.6) is 11.5 Å². The normalized spacial score (nSPS) is 10.9. The third kappa shape index (κ3) is 4.36. The molecule has 32 heavy (non-hydrogen) atoms. The summed E-state index contributed by atoms with van der Waals surface area (Å²) in [6.45, 7) is 0.137. The number of halogens is 1. The number of fused-ring (bicyclic) bond motifs is 1. The Bertz CT molecular complexity index is 1410. The third-order valence-electron chi connectivity index (χ3n) is 4.66. The molecule has 0 atom stereocenters. The van der Waals surface area contributed by atoms with Gasteiger partial charge in [0.1, 0.15) is 6.61 Å². The van der Waals surface area contributed by atoms with Gasteiger partial charge in [-0.2, -0.15) is 9.78 Å². The molecular weight excluding hydrogens is 517 g/mol. The van der Waals surface area contributed by atoms with Gasteiger partial charge in [-0.15, -0.1) is 6.42 Å². The average molecular weight is 535 g/mol. The van der Waals surface area contributed by atoms with Gasteiger partial charge in [0.05, 0.1) is 27.8 Å². The molecule has 4 aromatic rings. The SMILES string of the molecule is C#CCOc1c(I)cc(C=Nn2c(-c3ccccc3)nc3ccccc3c2=O)cc1OC. The van der Waals surface area contributed by atoms with E-state index >= 15 is 0 Å². The van der Waals surface area contributed by atoms with Gasteiger partial charge in [-0.1, -0.05) is 48.4 Å². The summed E-state index contributed by atoms with van der Waals surface area (Å²) in [5, 5.41) is 4.99. The summed E-state index contributed by atoms with van der Waals surface area (Å²) in [6, 6.07) is 20.4. The second-order valence-corrected chi connectivity index (χ2v) is 7.87. The zero-order valence-corrected chi connectivity index (χ0v) is 19.3. The zero-order chi connectivity index (χ0) is 22.5. The molecule has 0 aliphatic carbocycles. The van der Waals surface area contributed by atoms with Crippen LogP contribution in [0.4, 0.5) is 0 Å². The van der Waals surface area contributed by atoms with E-state index in [-0.39, 0.29) is 12.2 Å². The van der Waals surface area contributed by atoms with Gasteiger partial charge in [-0.3, -0.25) is 4.79 Å². The number of para-hydroxylation sites is 1. The minimum atomic E-state index is -0.249. The molecule has 1 aromatic heterocycles.